The van der Waals surface area contributed by atoms with Crippen LogP contribution in [0.2, 0.25) is 0 Å². The number of nitrogens with two attached hydrogens (primary N) is 1. The number of aromatic nitrogens is 1. The van der Waals surface area contributed by atoms with Crippen LogP contribution in [0.5, 0.6) is 0 Å². The van der Waals surface area contributed by atoms with E-state index in [-0.39, 0.29) is 0 Å². The molecule has 0 fully saturated rings. The number of anilines is 1. The fraction of sp³-hybridized carbons (Fsp3) is 0.333. The number of hydrogen-bond acceptors (Lipinski definition) is 4. The van der Waals surface area contributed by atoms with Crippen LogP contribution in [0.15, 0.2) is 15.1 Å². The number of aliphatic imine (C=N–C) groups is 1. The maximum absolute atomic E-state index is 5.55. The first-order chi connectivity index (χ1) is 6.15. The Morgan fingerprint density at radius 2 is 2.23 bits per heavy atom. The summed E-state index contributed by atoms with van der Waals surface area (Å²) in [6.07, 6.45) is 3.54. The molecule has 4 nitrogen and oxygen atoms in total. The van der Waals surface area contributed by atoms with E-state index in [0.717, 1.165) is 16.8 Å². The van der Waals surface area contributed by atoms with Crippen LogP contribution in [0.1, 0.15) is 25.1 Å². The first-order valence-electron chi connectivity index (χ1n) is 3.97. The number of rotatable bonds is 2. The molecule has 1 aromatic heterocycles. The van der Waals surface area contributed by atoms with E-state index in [9.17, 15) is 0 Å². The van der Waals surface area contributed by atoms with E-state index in [0.29, 0.717) is 5.88 Å². The van der Waals surface area contributed by atoms with Crippen molar-refractivity contribution >= 4 is 18.2 Å². The van der Waals surface area contributed by atoms with Crippen molar-refractivity contribution in [3.05, 3.63) is 16.8 Å². The van der Waals surface area contributed by atoms with Gasteiger partial charge in [-0.3, -0.25) is 4.99 Å². The summed E-state index contributed by atoms with van der Waals surface area (Å²) >= 11 is 0. The van der Waals surface area contributed by atoms with Crippen molar-refractivity contribution in [3.8, 4) is 0 Å². The van der Waals surface area contributed by atoms with Crippen LogP contribution in [-0.4, -0.2) is 18.4 Å². The maximum atomic E-state index is 5.55. The van der Waals surface area contributed by atoms with Crippen LogP contribution in [0.25, 0.3) is 6.08 Å². The van der Waals surface area contributed by atoms with Gasteiger partial charge in [0.15, 0.2) is 0 Å². The van der Waals surface area contributed by atoms with Gasteiger partial charge in [0.2, 0.25) is 5.88 Å². The van der Waals surface area contributed by atoms with Crippen molar-refractivity contribution in [2.75, 3.05) is 12.8 Å². The Labute approximate surface area is 77.1 Å². The van der Waals surface area contributed by atoms with E-state index < -0.39 is 0 Å². The zero-order valence-corrected chi connectivity index (χ0v) is 8.03. The third kappa shape index (κ3) is 2.18. The van der Waals surface area contributed by atoms with E-state index in [1.54, 1.807) is 13.3 Å². The number of allylic oxidation sites excluding steroid dienone is 1. The smallest absolute Gasteiger partial charge is 0.231 e. The summed E-state index contributed by atoms with van der Waals surface area (Å²) in [5.41, 5.74) is 8.16. The molecule has 1 heterocycles. The lowest BCUT2D eigenvalue weighted by atomic mass is 10.2. The molecule has 1 rings (SSSR count). The minimum atomic E-state index is 0.304. The largest absolute Gasteiger partial charge is 0.367 e. The zero-order valence-electron chi connectivity index (χ0n) is 8.03. The van der Waals surface area contributed by atoms with Crippen molar-refractivity contribution in [2.45, 2.75) is 13.8 Å². The third-order valence-corrected chi connectivity index (χ3v) is 1.47. The van der Waals surface area contributed by atoms with Crippen LogP contribution in [0.3, 0.4) is 0 Å². The molecule has 0 aliphatic heterocycles. The molecule has 0 unspecified atom stereocenters. The average molecular weight is 179 g/mol. The molecule has 2 N–H and O–H groups in total. The van der Waals surface area contributed by atoms with Crippen LogP contribution in [0.4, 0.5) is 5.88 Å². The summed E-state index contributed by atoms with van der Waals surface area (Å²) < 4.78 is 4.84. The normalized spacial score (nSPS) is 10.7. The van der Waals surface area contributed by atoms with Crippen LogP contribution in [-0.2, 0) is 0 Å². The number of nitrogen functional groups attached to an aromatic ring is 1. The fourth-order valence-corrected chi connectivity index (χ4v) is 0.959. The van der Waals surface area contributed by atoms with Gasteiger partial charge in [-0.1, -0.05) is 10.7 Å². The molecule has 70 valence electrons. The van der Waals surface area contributed by atoms with Crippen molar-refractivity contribution in [2.24, 2.45) is 4.99 Å². The second-order valence-corrected chi connectivity index (χ2v) is 2.95. The summed E-state index contributed by atoms with van der Waals surface area (Å²) in [6, 6.07) is 0. The Bertz CT molecular complexity index is 346. The van der Waals surface area contributed by atoms with Crippen molar-refractivity contribution < 1.29 is 4.52 Å². The van der Waals surface area contributed by atoms with Crippen LogP contribution >= 0.6 is 0 Å². The van der Waals surface area contributed by atoms with Gasteiger partial charge >= 0.3 is 0 Å². The molecule has 0 aliphatic rings. The van der Waals surface area contributed by atoms with Gasteiger partial charge in [-0.2, -0.15) is 0 Å². The van der Waals surface area contributed by atoms with Gasteiger partial charge in [0, 0.05) is 13.3 Å². The van der Waals surface area contributed by atoms with Gasteiger partial charge in [-0.25, -0.2) is 0 Å². The molecule has 0 bridgehead atoms. The molecular weight excluding hydrogens is 166 g/mol. The van der Waals surface area contributed by atoms with Crippen LogP contribution < -0.4 is 5.73 Å². The Morgan fingerprint density at radius 1 is 1.54 bits per heavy atom. The van der Waals surface area contributed by atoms with E-state index in [1.165, 1.54) is 0 Å². The molecule has 0 spiro atoms. The van der Waals surface area contributed by atoms with Gasteiger partial charge in [0.25, 0.3) is 0 Å². The molecular formula is C9H13N3O. The lowest BCUT2D eigenvalue weighted by Gasteiger charge is -1.89. The number of hydrogen-bond donors (Lipinski definition) is 1. The molecule has 0 atom stereocenters. The Hall–Kier alpha value is -1.58. The number of nitrogens with zero attached hydrogens (tertiary/aromatic N) is 2. The Morgan fingerprint density at radius 3 is 2.77 bits per heavy atom. The van der Waals surface area contributed by atoms with Gasteiger partial charge in [-0.15, -0.1) is 0 Å². The fourth-order valence-electron chi connectivity index (χ4n) is 0.959. The summed E-state index contributed by atoms with van der Waals surface area (Å²) in [5, 5.41) is 3.81. The topological polar surface area (TPSA) is 64.4 Å². The van der Waals surface area contributed by atoms with Gasteiger partial charge in [-0.05, 0) is 19.9 Å². The average Bonchev–Trinajstić information content (AvgIpc) is 2.35. The molecule has 0 saturated heterocycles. The van der Waals surface area contributed by atoms with Crippen molar-refractivity contribution in [1.29, 1.82) is 0 Å². The quantitative estimate of drug-likeness (QED) is 0.703. The molecule has 0 aromatic carbocycles. The Balaban J connectivity index is 3.15. The summed E-state index contributed by atoms with van der Waals surface area (Å²) in [7, 11) is 1.68. The first kappa shape index (κ1) is 9.51. The first-order valence-corrected chi connectivity index (χ1v) is 3.97. The second-order valence-electron chi connectivity index (χ2n) is 2.95. The minimum absolute atomic E-state index is 0.304. The summed E-state index contributed by atoms with van der Waals surface area (Å²) in [5.74, 6) is 0.304. The molecule has 13 heavy (non-hydrogen) atoms. The molecule has 0 saturated carbocycles. The second kappa shape index (κ2) is 3.89. The van der Waals surface area contributed by atoms with Gasteiger partial charge in [0.05, 0.1) is 5.56 Å². The van der Waals surface area contributed by atoms with Crippen molar-refractivity contribution in [1.82, 2.24) is 5.16 Å². The van der Waals surface area contributed by atoms with Gasteiger partial charge < -0.3 is 10.3 Å². The standard InChI is InChI=1S/C9H13N3O/c1-6(2)4-8-7(5-11-3)9(10)13-12-8/h4-5H,10H2,1-3H3/b11-5+. The molecule has 0 radical (unpaired) electrons. The molecule has 1 aromatic rings. The molecule has 0 amide bonds. The summed E-state index contributed by atoms with van der Waals surface area (Å²) in [4.78, 5) is 3.87. The van der Waals surface area contributed by atoms with E-state index in [1.807, 2.05) is 19.9 Å². The monoisotopic (exact) mass is 179 g/mol. The van der Waals surface area contributed by atoms with E-state index in [2.05, 4.69) is 10.1 Å². The highest BCUT2D eigenvalue weighted by Gasteiger charge is 2.08. The van der Waals surface area contributed by atoms with E-state index in [4.69, 9.17) is 10.3 Å². The van der Waals surface area contributed by atoms with Crippen molar-refractivity contribution in [3.63, 3.8) is 0 Å². The highest BCUT2D eigenvalue weighted by atomic mass is 16.5. The predicted octanol–water partition coefficient (Wildman–Crippen LogP) is 1.73. The maximum Gasteiger partial charge on any atom is 0.231 e. The molecule has 0 aliphatic carbocycles. The van der Waals surface area contributed by atoms with Crippen LogP contribution in [0, 0.1) is 0 Å². The highest BCUT2D eigenvalue weighted by molar-refractivity contribution is 5.89. The lowest BCUT2D eigenvalue weighted by Crippen LogP contribution is -1.90. The highest BCUT2D eigenvalue weighted by Crippen LogP contribution is 2.16. The van der Waals surface area contributed by atoms with Gasteiger partial charge in [0.1, 0.15) is 5.69 Å². The minimum Gasteiger partial charge on any atom is -0.367 e. The SMILES string of the molecule is C/N=C/c1c(C=C(C)C)noc1N. The Kier molecular flexibility index (Phi) is 2.84. The lowest BCUT2D eigenvalue weighted by molar-refractivity contribution is 0.435. The predicted molar refractivity (Wildman–Crippen MR) is 53.8 cm³/mol. The zero-order chi connectivity index (χ0) is 9.84. The molecule has 4 heteroatoms. The van der Waals surface area contributed by atoms with E-state index >= 15 is 0 Å². The third-order valence-electron chi connectivity index (χ3n) is 1.47. The summed E-state index contributed by atoms with van der Waals surface area (Å²) in [6.45, 7) is 3.97.